The molecule has 0 spiro atoms. The minimum Gasteiger partial charge on any atom is -0.497 e. The van der Waals surface area contributed by atoms with Crippen molar-refractivity contribution < 1.29 is 67.9 Å². The van der Waals surface area contributed by atoms with Crippen molar-refractivity contribution in [2.24, 2.45) is 22.4 Å². The number of carboxylic acid groups (broad SMARTS) is 1. The zero-order valence-electron chi connectivity index (χ0n) is 43.9. The van der Waals surface area contributed by atoms with Crippen molar-refractivity contribution in [2.75, 3.05) is 45.8 Å². The predicted molar refractivity (Wildman–Crippen MR) is 274 cm³/mol. The molecule has 27 heteroatoms. The summed E-state index contributed by atoms with van der Waals surface area (Å²) < 4.78 is 18.2. The number of esters is 1. The van der Waals surface area contributed by atoms with Gasteiger partial charge >= 0.3 is 11.9 Å². The second kappa shape index (κ2) is 29.0. The molecule has 0 bridgehead atoms. The number of Topliss-reactive ketones (excluding diaryl/α,β-unsaturated/α-hetero) is 1. The molecule has 1 aliphatic heterocycles. The summed E-state index contributed by atoms with van der Waals surface area (Å²) in [6, 6.07) is 0.764. The zero-order chi connectivity index (χ0) is 56.3. The van der Waals surface area contributed by atoms with Gasteiger partial charge in [0.2, 0.25) is 29.5 Å². The predicted octanol–water partition coefficient (Wildman–Crippen LogP) is -1.13. The van der Waals surface area contributed by atoms with Gasteiger partial charge in [0.25, 0.3) is 0 Å². The summed E-state index contributed by atoms with van der Waals surface area (Å²) in [5.74, 6) is -6.81. The first-order valence-corrected chi connectivity index (χ1v) is 24.8. The highest BCUT2D eigenvalue weighted by molar-refractivity contribution is 5.95. The van der Waals surface area contributed by atoms with Crippen molar-refractivity contribution in [1.82, 2.24) is 46.1 Å². The number of fused-ring (bicyclic) bond motifs is 1. The summed E-state index contributed by atoms with van der Waals surface area (Å²) in [5, 5.41) is 44.8. The van der Waals surface area contributed by atoms with Crippen LogP contribution in [0.1, 0.15) is 97.3 Å². The van der Waals surface area contributed by atoms with Crippen LogP contribution in [0, 0.1) is 5.92 Å². The second-order valence-electron chi connectivity index (χ2n) is 19.5. The number of carbonyl (C=O) groups is 8. The average Bonchev–Trinajstić information content (AvgIpc) is 3.92. The number of nitrogens with two attached hydrogens (primary N) is 2. The number of benzene rings is 1. The number of ether oxygens (including phenoxy) is 3. The number of amides is 5. The minimum absolute atomic E-state index is 0.0275. The molecule has 0 aliphatic carbocycles. The molecule has 1 saturated heterocycles. The second-order valence-corrected chi connectivity index (χ2v) is 19.5. The fourth-order valence-corrected chi connectivity index (χ4v) is 8.22. The molecule has 1 fully saturated rings. The third kappa shape index (κ3) is 19.0. The third-order valence-corrected chi connectivity index (χ3v) is 12.0. The number of anilines is 1. The highest BCUT2D eigenvalue weighted by atomic mass is 16.6. The SMILES string of the molecule is COc1ccc(CC(NC(=O)C(CCCCCC(C)=O)NC(=O)CC(NC(=O)CNC(=O)C(CCCN=C(N)N)CC(=O)OC(C)(C)C)C(=O)O)C(=O)NC2[C@@H](CO)O[C@@H](n3cnc4c(N(C)C)ncnc43)[C@H]2O)cc1. The lowest BCUT2D eigenvalue weighted by molar-refractivity contribution is -0.157. The number of carbonyl (C=O) groups excluding carboxylic acids is 7. The van der Waals surface area contributed by atoms with Crippen LogP contribution in [-0.4, -0.2) is 171 Å². The van der Waals surface area contributed by atoms with Crippen LogP contribution in [0.3, 0.4) is 0 Å². The number of hydrogen-bond acceptors (Lipinski definition) is 18. The molecule has 3 heterocycles. The molecule has 5 amide bonds. The van der Waals surface area contributed by atoms with E-state index in [0.29, 0.717) is 54.0 Å². The Morgan fingerprint density at radius 2 is 1.57 bits per heavy atom. The summed E-state index contributed by atoms with van der Waals surface area (Å²) in [4.78, 5) is 124. The number of aliphatic imine (C=N–C) groups is 1. The Kier molecular flexibility index (Phi) is 23.3. The molecule has 27 nitrogen and oxygen atoms in total. The summed E-state index contributed by atoms with van der Waals surface area (Å²) in [5.41, 5.74) is 11.2. The molecular formula is C49H73N13O14. The van der Waals surface area contributed by atoms with E-state index in [1.807, 2.05) is 0 Å². The average molecular weight is 1070 g/mol. The lowest BCUT2D eigenvalue weighted by Gasteiger charge is -2.27. The molecular weight excluding hydrogens is 995 g/mol. The van der Waals surface area contributed by atoms with Gasteiger partial charge in [0.05, 0.1) is 45.5 Å². The molecule has 76 heavy (non-hydrogen) atoms. The molecule has 4 rings (SSSR count). The van der Waals surface area contributed by atoms with Crippen molar-refractivity contribution >= 4 is 70.2 Å². The van der Waals surface area contributed by atoms with Gasteiger partial charge in [0.15, 0.2) is 29.2 Å². The quantitative estimate of drug-likeness (QED) is 0.0163. The largest absolute Gasteiger partial charge is 0.497 e. The summed E-state index contributed by atoms with van der Waals surface area (Å²) in [7, 11) is 5.01. The van der Waals surface area contributed by atoms with Gasteiger partial charge < -0.3 is 77.3 Å². The van der Waals surface area contributed by atoms with Crippen molar-refractivity contribution in [1.29, 1.82) is 0 Å². The Balaban J connectivity index is 1.51. The van der Waals surface area contributed by atoms with E-state index in [1.165, 1.54) is 31.3 Å². The van der Waals surface area contributed by atoms with Crippen LogP contribution in [0.5, 0.6) is 5.75 Å². The van der Waals surface area contributed by atoms with Gasteiger partial charge in [0.1, 0.15) is 53.8 Å². The number of nitrogens with one attached hydrogen (secondary N) is 5. The minimum atomic E-state index is -1.85. The maximum Gasteiger partial charge on any atom is 0.326 e. The maximum atomic E-state index is 14.4. The molecule has 0 saturated carbocycles. The molecule has 12 N–H and O–H groups in total. The van der Waals surface area contributed by atoms with Crippen molar-refractivity contribution in [3.63, 3.8) is 0 Å². The number of nitrogens with zero attached hydrogens (tertiary/aromatic N) is 6. The molecule has 3 aromatic rings. The van der Waals surface area contributed by atoms with Crippen LogP contribution in [0.2, 0.25) is 0 Å². The number of rotatable bonds is 30. The van der Waals surface area contributed by atoms with Crippen molar-refractivity contribution in [3.05, 3.63) is 42.5 Å². The van der Waals surface area contributed by atoms with Gasteiger partial charge in [-0.25, -0.2) is 19.7 Å². The Hall–Kier alpha value is -7.52. The number of carboxylic acids is 1. The number of ketones is 1. The highest BCUT2D eigenvalue weighted by Crippen LogP contribution is 2.33. The lowest BCUT2D eigenvalue weighted by Crippen LogP contribution is -2.58. The summed E-state index contributed by atoms with van der Waals surface area (Å²) in [6.45, 7) is 5.19. The van der Waals surface area contributed by atoms with Crippen LogP contribution in [0.15, 0.2) is 41.9 Å². The van der Waals surface area contributed by atoms with E-state index >= 15 is 0 Å². The standard InChI is InChI=1S/C49H73N13O14/c1-27(64)12-9-8-10-14-31(57-35(65)22-33(47(72)73)58-36(66)23-53-43(69)29(13-11-19-52-48(50)51)21-37(67)76-49(2,3)4)44(70)59-32(20-28-15-17-30(74-7)18-16-28)45(71)60-38-34(24-63)75-46(40(38)68)62-26-56-39-41(61(5)6)54-25-55-42(39)62/h15-18,25-26,29,31-34,38,40,46,63,68H,8-14,19-24H2,1-7H3,(H,53,69)(H,57,65)(H,58,66)(H,59,70)(H,60,71)(H,72,73)(H4,50,51,52)/t29?,31?,32?,33?,34-,38?,40+,46-/m1/s1. The van der Waals surface area contributed by atoms with E-state index in [-0.39, 0.29) is 50.4 Å². The monoisotopic (exact) mass is 1070 g/mol. The number of methoxy groups -OCH3 is 1. The number of hydrogen-bond donors (Lipinski definition) is 10. The van der Waals surface area contributed by atoms with E-state index < -0.39 is 115 Å². The van der Waals surface area contributed by atoms with E-state index in [1.54, 1.807) is 64.0 Å². The first-order valence-electron chi connectivity index (χ1n) is 24.8. The van der Waals surface area contributed by atoms with Gasteiger partial charge in [-0.1, -0.05) is 25.0 Å². The number of aliphatic hydroxyl groups excluding tert-OH is 2. The number of aromatic nitrogens is 4. The number of guanidine groups is 1. The van der Waals surface area contributed by atoms with Gasteiger partial charge in [-0.2, -0.15) is 0 Å². The fraction of sp³-hybridized carbons (Fsp3) is 0.592. The van der Waals surface area contributed by atoms with E-state index in [2.05, 4.69) is 46.5 Å². The van der Waals surface area contributed by atoms with Crippen LogP contribution >= 0.6 is 0 Å². The first kappa shape index (κ1) is 61.0. The summed E-state index contributed by atoms with van der Waals surface area (Å²) >= 11 is 0. The first-order chi connectivity index (χ1) is 35.9. The van der Waals surface area contributed by atoms with Crippen LogP contribution in [0.25, 0.3) is 11.2 Å². The fourth-order valence-electron chi connectivity index (χ4n) is 8.22. The molecule has 418 valence electrons. The van der Waals surface area contributed by atoms with E-state index in [4.69, 9.17) is 25.7 Å². The number of aliphatic hydroxyl groups is 2. The third-order valence-electron chi connectivity index (χ3n) is 12.0. The van der Waals surface area contributed by atoms with Gasteiger partial charge in [-0.05, 0) is 71.1 Å². The Morgan fingerprint density at radius 3 is 2.18 bits per heavy atom. The van der Waals surface area contributed by atoms with Crippen molar-refractivity contribution in [2.45, 2.75) is 140 Å². The van der Waals surface area contributed by atoms with Gasteiger partial charge in [0, 0.05) is 39.4 Å². The Labute approximate surface area is 439 Å². The molecule has 8 atom stereocenters. The Bertz CT molecular complexity index is 2510. The molecule has 1 aliphatic rings. The van der Waals surface area contributed by atoms with Crippen LogP contribution in [-0.2, 0) is 54.3 Å². The molecule has 1 aromatic carbocycles. The topological polar surface area (TPSA) is 396 Å². The number of aliphatic carboxylic acids is 1. The number of unbranched alkanes of at least 4 members (excludes halogenated alkanes) is 2. The molecule has 0 radical (unpaired) electrons. The van der Waals surface area contributed by atoms with Gasteiger partial charge in [-0.3, -0.25) is 38.3 Å². The lowest BCUT2D eigenvalue weighted by atomic mass is 9.98. The molecule has 5 unspecified atom stereocenters. The number of imidazole rings is 1. The normalized spacial score (nSPS) is 17.8. The van der Waals surface area contributed by atoms with E-state index in [0.717, 1.165) is 0 Å². The highest BCUT2D eigenvalue weighted by Gasteiger charge is 2.46. The smallest absolute Gasteiger partial charge is 0.326 e. The zero-order valence-corrected chi connectivity index (χ0v) is 43.9. The van der Waals surface area contributed by atoms with E-state index in [9.17, 15) is 53.7 Å². The van der Waals surface area contributed by atoms with Crippen molar-refractivity contribution in [3.8, 4) is 5.75 Å². The van der Waals surface area contributed by atoms with Crippen LogP contribution < -0.4 is 47.7 Å². The van der Waals surface area contributed by atoms with Gasteiger partial charge in [-0.15, -0.1) is 0 Å². The summed E-state index contributed by atoms with van der Waals surface area (Å²) in [6.07, 6.45) is -0.552. The maximum absolute atomic E-state index is 14.4. The molecule has 2 aromatic heterocycles. The Morgan fingerprint density at radius 1 is 0.868 bits per heavy atom. The van der Waals surface area contributed by atoms with Crippen LogP contribution in [0.4, 0.5) is 5.82 Å².